The van der Waals surface area contributed by atoms with E-state index in [1.165, 1.54) is 0 Å². The predicted molar refractivity (Wildman–Crippen MR) is 157 cm³/mol. The number of amides is 1. The highest BCUT2D eigenvalue weighted by atomic mass is 32.1. The highest BCUT2D eigenvalue weighted by Gasteiger charge is 2.42. The van der Waals surface area contributed by atoms with E-state index in [4.69, 9.17) is 21.4 Å². The Bertz CT molecular complexity index is 1570. The molecule has 9 heteroatoms. The summed E-state index contributed by atoms with van der Waals surface area (Å²) in [5.74, 6) is 1.27. The van der Waals surface area contributed by atoms with Gasteiger partial charge in [-0.1, -0.05) is 24.3 Å². The molecule has 1 saturated heterocycles. The van der Waals surface area contributed by atoms with E-state index in [0.29, 0.717) is 23.1 Å². The molecule has 5 aromatic rings. The Morgan fingerprint density at radius 1 is 0.975 bits per heavy atom. The van der Waals surface area contributed by atoms with E-state index in [9.17, 15) is 4.79 Å². The number of pyridine rings is 1. The quantitative estimate of drug-likeness (QED) is 0.228. The SMILES string of the molecule is O=C(COc1ccccc1)Nc1ccc(N2C(=S)N[C@@H](c3ccccn3)[C@@H]2c2cccn2Cc2ccco2)cc1. The van der Waals surface area contributed by atoms with Crippen LogP contribution < -0.4 is 20.3 Å². The summed E-state index contributed by atoms with van der Waals surface area (Å²) >= 11 is 5.87. The first-order valence-electron chi connectivity index (χ1n) is 12.9. The van der Waals surface area contributed by atoms with Crippen molar-refractivity contribution in [1.29, 1.82) is 0 Å². The lowest BCUT2D eigenvalue weighted by molar-refractivity contribution is -0.118. The summed E-state index contributed by atoms with van der Waals surface area (Å²) in [6.07, 6.45) is 5.52. The third-order valence-electron chi connectivity index (χ3n) is 6.71. The van der Waals surface area contributed by atoms with Crippen LogP contribution in [0, 0.1) is 0 Å². The van der Waals surface area contributed by atoms with Gasteiger partial charge in [-0.25, -0.2) is 0 Å². The van der Waals surface area contributed by atoms with Crippen molar-refractivity contribution in [2.24, 2.45) is 0 Å². The molecule has 3 aromatic heterocycles. The Balaban J connectivity index is 1.25. The third kappa shape index (κ3) is 5.45. The smallest absolute Gasteiger partial charge is 0.262 e. The molecule has 40 heavy (non-hydrogen) atoms. The fourth-order valence-electron chi connectivity index (χ4n) is 4.91. The predicted octanol–water partition coefficient (Wildman–Crippen LogP) is 5.72. The van der Waals surface area contributed by atoms with Crippen LogP contribution in [-0.2, 0) is 11.3 Å². The van der Waals surface area contributed by atoms with Crippen LogP contribution in [-0.4, -0.2) is 27.2 Å². The summed E-state index contributed by atoms with van der Waals surface area (Å²) in [5.41, 5.74) is 3.52. The Morgan fingerprint density at radius 2 is 1.80 bits per heavy atom. The van der Waals surface area contributed by atoms with E-state index in [1.54, 1.807) is 12.5 Å². The molecule has 2 aromatic carbocycles. The molecule has 0 bridgehead atoms. The molecule has 1 fully saturated rings. The molecule has 6 rings (SSSR count). The maximum Gasteiger partial charge on any atom is 0.262 e. The Labute approximate surface area is 237 Å². The van der Waals surface area contributed by atoms with E-state index in [1.807, 2.05) is 97.2 Å². The van der Waals surface area contributed by atoms with Gasteiger partial charge in [0.25, 0.3) is 5.91 Å². The maximum atomic E-state index is 12.5. The molecule has 1 amide bonds. The number of furan rings is 1. The van der Waals surface area contributed by atoms with Crippen molar-refractivity contribution in [3.05, 3.63) is 133 Å². The average Bonchev–Trinajstić information content (AvgIpc) is 3.74. The first kappa shape index (κ1) is 25.4. The average molecular weight is 550 g/mol. The molecule has 4 heterocycles. The number of hydrogen-bond acceptors (Lipinski definition) is 5. The van der Waals surface area contributed by atoms with Gasteiger partial charge in [-0.3, -0.25) is 9.78 Å². The summed E-state index contributed by atoms with van der Waals surface area (Å²) in [6, 6.07) is 30.4. The summed E-state index contributed by atoms with van der Waals surface area (Å²) < 4.78 is 13.4. The van der Waals surface area contributed by atoms with Crippen LogP contribution in [0.3, 0.4) is 0 Å². The maximum absolute atomic E-state index is 12.5. The second-order valence-corrected chi connectivity index (χ2v) is 9.72. The van der Waals surface area contributed by atoms with Gasteiger partial charge in [0, 0.05) is 29.5 Å². The second-order valence-electron chi connectivity index (χ2n) is 9.33. The molecule has 1 aliphatic heterocycles. The molecule has 0 radical (unpaired) electrons. The van der Waals surface area contributed by atoms with Crippen molar-refractivity contribution in [1.82, 2.24) is 14.9 Å². The number of thiocarbonyl (C=S) groups is 1. The number of carbonyl (C=O) groups is 1. The van der Waals surface area contributed by atoms with Crippen LogP contribution in [0.4, 0.5) is 11.4 Å². The summed E-state index contributed by atoms with van der Waals surface area (Å²) in [7, 11) is 0. The van der Waals surface area contributed by atoms with Crippen molar-refractivity contribution in [2.45, 2.75) is 18.6 Å². The number of para-hydroxylation sites is 1. The number of nitrogens with one attached hydrogen (secondary N) is 2. The van der Waals surface area contributed by atoms with Crippen LogP contribution in [0.1, 0.15) is 29.2 Å². The largest absolute Gasteiger partial charge is 0.484 e. The summed E-state index contributed by atoms with van der Waals surface area (Å²) in [6.45, 7) is 0.518. The van der Waals surface area contributed by atoms with Gasteiger partial charge in [-0.15, -0.1) is 0 Å². The van der Waals surface area contributed by atoms with Gasteiger partial charge in [-0.05, 0) is 85.0 Å². The highest BCUT2D eigenvalue weighted by molar-refractivity contribution is 7.80. The first-order chi connectivity index (χ1) is 19.7. The minimum atomic E-state index is -0.237. The monoisotopic (exact) mass is 549 g/mol. The van der Waals surface area contributed by atoms with Crippen LogP contribution >= 0.6 is 12.2 Å². The molecule has 2 N–H and O–H groups in total. The fourth-order valence-corrected chi connectivity index (χ4v) is 5.26. The number of hydrogen-bond donors (Lipinski definition) is 2. The number of carbonyl (C=O) groups excluding carboxylic acids is 1. The van der Waals surface area contributed by atoms with Crippen LogP contribution in [0.2, 0.25) is 0 Å². The molecular formula is C31H27N5O3S. The van der Waals surface area contributed by atoms with Crippen LogP contribution in [0.25, 0.3) is 0 Å². The number of nitrogens with zero attached hydrogens (tertiary/aromatic N) is 3. The van der Waals surface area contributed by atoms with Crippen molar-refractivity contribution >= 4 is 34.6 Å². The molecule has 1 aliphatic rings. The minimum Gasteiger partial charge on any atom is -0.484 e. The lowest BCUT2D eigenvalue weighted by Crippen LogP contribution is -2.30. The number of ether oxygens (including phenoxy) is 1. The number of benzene rings is 2. The lowest BCUT2D eigenvalue weighted by Gasteiger charge is -2.29. The van der Waals surface area contributed by atoms with E-state index in [-0.39, 0.29) is 24.6 Å². The molecule has 0 unspecified atom stereocenters. The molecule has 200 valence electrons. The topological polar surface area (TPSA) is 84.6 Å². The van der Waals surface area contributed by atoms with Gasteiger partial charge < -0.3 is 29.3 Å². The van der Waals surface area contributed by atoms with Crippen molar-refractivity contribution in [3.63, 3.8) is 0 Å². The third-order valence-corrected chi connectivity index (χ3v) is 7.03. The standard InChI is InChI=1S/C31H27N5O3S/c37-28(21-39-24-8-2-1-3-9-24)33-22-13-15-23(16-14-22)36-30(29(34-31(36)40)26-11-4-5-17-32-26)27-12-6-18-35(27)20-25-10-7-19-38-25/h1-19,29-30H,20-21H2,(H,33,37)(H,34,40)/t29-,30-/m0/s1. The Morgan fingerprint density at radius 3 is 2.55 bits per heavy atom. The number of rotatable bonds is 9. The van der Waals surface area contributed by atoms with Gasteiger partial charge in [-0.2, -0.15) is 0 Å². The van der Waals surface area contributed by atoms with Crippen molar-refractivity contribution < 1.29 is 13.9 Å². The first-order valence-corrected chi connectivity index (χ1v) is 13.3. The van der Waals surface area contributed by atoms with Crippen molar-refractivity contribution in [3.8, 4) is 5.75 Å². The summed E-state index contributed by atoms with van der Waals surface area (Å²) in [4.78, 5) is 19.2. The van der Waals surface area contributed by atoms with Crippen LogP contribution in [0.15, 0.2) is 120 Å². The van der Waals surface area contributed by atoms with Gasteiger partial charge >= 0.3 is 0 Å². The zero-order valence-corrected chi connectivity index (χ0v) is 22.3. The Kier molecular flexibility index (Phi) is 7.28. The minimum absolute atomic E-state index is 0.0770. The molecule has 8 nitrogen and oxygen atoms in total. The van der Waals surface area contributed by atoms with E-state index in [2.05, 4.69) is 31.2 Å². The van der Waals surface area contributed by atoms with Gasteiger partial charge in [0.2, 0.25) is 0 Å². The molecule has 0 saturated carbocycles. The van der Waals surface area contributed by atoms with E-state index < -0.39 is 0 Å². The Hall–Kier alpha value is -4.89. The van der Waals surface area contributed by atoms with Gasteiger partial charge in [0.15, 0.2) is 11.7 Å². The van der Waals surface area contributed by atoms with Crippen molar-refractivity contribution in [2.75, 3.05) is 16.8 Å². The van der Waals surface area contributed by atoms with E-state index in [0.717, 1.165) is 22.8 Å². The zero-order valence-electron chi connectivity index (χ0n) is 21.5. The second kappa shape index (κ2) is 11.5. The molecule has 2 atom stereocenters. The van der Waals surface area contributed by atoms with Gasteiger partial charge in [0.05, 0.1) is 24.5 Å². The molecule has 0 spiro atoms. The molecular weight excluding hydrogens is 522 g/mol. The van der Waals surface area contributed by atoms with Crippen LogP contribution in [0.5, 0.6) is 5.75 Å². The fraction of sp³-hybridized carbons (Fsp3) is 0.129. The van der Waals surface area contributed by atoms with E-state index >= 15 is 0 Å². The molecule has 0 aliphatic carbocycles. The highest BCUT2D eigenvalue weighted by Crippen LogP contribution is 2.42. The number of anilines is 2. The zero-order chi connectivity index (χ0) is 27.3. The lowest BCUT2D eigenvalue weighted by atomic mass is 10.0. The normalized spacial score (nSPS) is 16.5. The van der Waals surface area contributed by atoms with Gasteiger partial charge in [0.1, 0.15) is 17.6 Å². The summed E-state index contributed by atoms with van der Waals surface area (Å²) in [5, 5.41) is 6.98. The number of aromatic nitrogens is 2.